The number of hydrogen-bond acceptors (Lipinski definition) is 5. The molecule has 2 rings (SSSR count). The van der Waals surface area contributed by atoms with Crippen molar-refractivity contribution >= 4 is 5.91 Å². The van der Waals surface area contributed by atoms with Crippen LogP contribution in [0.1, 0.15) is 19.3 Å². The third-order valence-corrected chi connectivity index (χ3v) is 3.26. The molecule has 7 heteroatoms. The zero-order valence-electron chi connectivity index (χ0n) is 10.9. The minimum atomic E-state index is 0.0526. The predicted molar refractivity (Wildman–Crippen MR) is 67.3 cm³/mol. The molecule has 0 unspecified atom stereocenters. The van der Waals surface area contributed by atoms with Crippen molar-refractivity contribution in [1.29, 1.82) is 0 Å². The second-order valence-electron chi connectivity index (χ2n) is 4.58. The van der Waals surface area contributed by atoms with Gasteiger partial charge in [-0.25, -0.2) is 4.98 Å². The molecule has 2 heterocycles. The molecular weight excluding hydrogens is 248 g/mol. The van der Waals surface area contributed by atoms with E-state index in [1.54, 1.807) is 11.0 Å². The maximum Gasteiger partial charge on any atom is 0.224 e. The molecule has 0 radical (unpaired) electrons. The van der Waals surface area contributed by atoms with E-state index in [2.05, 4.69) is 10.1 Å². The molecule has 1 fully saturated rings. The van der Waals surface area contributed by atoms with E-state index in [9.17, 15) is 4.79 Å². The van der Waals surface area contributed by atoms with E-state index in [4.69, 9.17) is 9.84 Å². The Labute approximate surface area is 112 Å². The fourth-order valence-electron chi connectivity index (χ4n) is 2.21. The summed E-state index contributed by atoms with van der Waals surface area (Å²) in [5.41, 5.74) is 0. The normalized spacial score (nSPS) is 16.8. The van der Waals surface area contributed by atoms with Crippen molar-refractivity contribution in [2.24, 2.45) is 0 Å². The summed E-state index contributed by atoms with van der Waals surface area (Å²) in [5.74, 6) is 0.149. The first kappa shape index (κ1) is 14.0. The molecule has 0 aliphatic carbocycles. The summed E-state index contributed by atoms with van der Waals surface area (Å²) in [6.07, 6.45) is 5.39. The highest BCUT2D eigenvalue weighted by Crippen LogP contribution is 2.14. The molecule has 0 bridgehead atoms. The van der Waals surface area contributed by atoms with Gasteiger partial charge >= 0.3 is 0 Å². The Morgan fingerprint density at radius 1 is 1.42 bits per heavy atom. The molecule has 1 saturated heterocycles. The summed E-state index contributed by atoms with van der Waals surface area (Å²) in [4.78, 5) is 17.7. The van der Waals surface area contributed by atoms with Gasteiger partial charge in [0.25, 0.3) is 0 Å². The summed E-state index contributed by atoms with van der Waals surface area (Å²) in [7, 11) is 0. The average Bonchev–Trinajstić information content (AvgIpc) is 2.96. The predicted octanol–water partition coefficient (Wildman–Crippen LogP) is -0.332. The molecule has 1 aliphatic heterocycles. The van der Waals surface area contributed by atoms with Crippen molar-refractivity contribution in [3.8, 4) is 0 Å². The SMILES string of the molecule is O=C(CCn1cncn1)N1CCC(OCCO)CC1. The molecule has 0 atom stereocenters. The number of aryl methyl sites for hydroxylation is 1. The zero-order chi connectivity index (χ0) is 13.5. The number of ether oxygens (including phenoxy) is 1. The molecule has 0 saturated carbocycles. The molecular formula is C12H20N4O3. The van der Waals surface area contributed by atoms with Gasteiger partial charge < -0.3 is 14.7 Å². The summed E-state index contributed by atoms with van der Waals surface area (Å²) >= 11 is 0. The Balaban J connectivity index is 1.67. The molecule has 1 aromatic rings. The maximum absolute atomic E-state index is 12.0. The number of piperidine rings is 1. The number of carbonyl (C=O) groups is 1. The number of rotatable bonds is 6. The van der Waals surface area contributed by atoms with E-state index in [1.165, 1.54) is 6.33 Å². The number of amides is 1. The molecule has 1 N–H and O–H groups in total. The number of aliphatic hydroxyl groups excluding tert-OH is 1. The van der Waals surface area contributed by atoms with Crippen LogP contribution >= 0.6 is 0 Å². The summed E-state index contributed by atoms with van der Waals surface area (Å²) in [5, 5.41) is 12.7. The van der Waals surface area contributed by atoms with E-state index < -0.39 is 0 Å². The van der Waals surface area contributed by atoms with E-state index >= 15 is 0 Å². The molecule has 19 heavy (non-hydrogen) atoms. The van der Waals surface area contributed by atoms with Gasteiger partial charge in [0.05, 0.1) is 25.9 Å². The monoisotopic (exact) mass is 268 g/mol. The van der Waals surface area contributed by atoms with Gasteiger partial charge in [0.15, 0.2) is 0 Å². The lowest BCUT2D eigenvalue weighted by Crippen LogP contribution is -2.41. The molecule has 0 spiro atoms. The second-order valence-corrected chi connectivity index (χ2v) is 4.58. The molecule has 1 aromatic heterocycles. The number of hydrogen-bond donors (Lipinski definition) is 1. The van der Waals surface area contributed by atoms with Crippen LogP contribution in [0.25, 0.3) is 0 Å². The lowest BCUT2D eigenvalue weighted by Gasteiger charge is -2.31. The summed E-state index contributed by atoms with van der Waals surface area (Å²) in [6.45, 7) is 2.46. The van der Waals surface area contributed by atoms with E-state index in [1.807, 2.05) is 4.90 Å². The third-order valence-electron chi connectivity index (χ3n) is 3.26. The Kier molecular flexibility index (Phi) is 5.29. The maximum atomic E-state index is 12.0. The first-order valence-electron chi connectivity index (χ1n) is 6.62. The van der Waals surface area contributed by atoms with Crippen LogP contribution in [0.5, 0.6) is 0 Å². The number of likely N-dealkylation sites (tertiary alicyclic amines) is 1. The van der Waals surface area contributed by atoms with E-state index in [-0.39, 0.29) is 18.6 Å². The third kappa shape index (κ3) is 4.29. The van der Waals surface area contributed by atoms with Gasteiger partial charge in [-0.3, -0.25) is 9.48 Å². The summed E-state index contributed by atoms with van der Waals surface area (Å²) in [6, 6.07) is 0. The highest BCUT2D eigenvalue weighted by atomic mass is 16.5. The second kappa shape index (κ2) is 7.20. The lowest BCUT2D eigenvalue weighted by molar-refractivity contribution is -0.134. The molecule has 1 amide bonds. The zero-order valence-corrected chi connectivity index (χ0v) is 10.9. The van der Waals surface area contributed by atoms with Crippen LogP contribution in [-0.2, 0) is 16.1 Å². The van der Waals surface area contributed by atoms with Crippen molar-refractivity contribution in [2.75, 3.05) is 26.3 Å². The summed E-state index contributed by atoms with van der Waals surface area (Å²) < 4.78 is 7.13. The molecule has 1 aliphatic rings. The van der Waals surface area contributed by atoms with Gasteiger partial charge in [0.1, 0.15) is 12.7 Å². The largest absolute Gasteiger partial charge is 0.394 e. The standard InChI is InChI=1S/C12H20N4O3/c17-7-8-19-11-1-4-15(5-2-11)12(18)3-6-16-10-13-9-14-16/h9-11,17H,1-8H2. The average molecular weight is 268 g/mol. The van der Waals surface area contributed by atoms with Crippen LogP contribution in [0.2, 0.25) is 0 Å². The van der Waals surface area contributed by atoms with E-state index in [0.29, 0.717) is 19.6 Å². The van der Waals surface area contributed by atoms with Crippen molar-refractivity contribution in [3.05, 3.63) is 12.7 Å². The molecule has 106 valence electrons. The Morgan fingerprint density at radius 2 is 2.21 bits per heavy atom. The van der Waals surface area contributed by atoms with Gasteiger partial charge in [-0.15, -0.1) is 0 Å². The first-order chi connectivity index (χ1) is 9.29. The van der Waals surface area contributed by atoms with Gasteiger partial charge in [0, 0.05) is 19.5 Å². The van der Waals surface area contributed by atoms with Gasteiger partial charge in [-0.2, -0.15) is 5.10 Å². The van der Waals surface area contributed by atoms with Gasteiger partial charge in [0.2, 0.25) is 5.91 Å². The Bertz CT molecular complexity index is 374. The highest BCUT2D eigenvalue weighted by molar-refractivity contribution is 5.76. The number of aromatic nitrogens is 3. The number of carbonyl (C=O) groups excluding carboxylic acids is 1. The highest BCUT2D eigenvalue weighted by Gasteiger charge is 2.22. The van der Waals surface area contributed by atoms with Crippen molar-refractivity contribution in [2.45, 2.75) is 31.9 Å². The van der Waals surface area contributed by atoms with Crippen LogP contribution in [-0.4, -0.2) is 63.1 Å². The fourth-order valence-corrected chi connectivity index (χ4v) is 2.21. The van der Waals surface area contributed by atoms with Gasteiger partial charge in [-0.05, 0) is 12.8 Å². The van der Waals surface area contributed by atoms with Crippen LogP contribution in [0, 0.1) is 0 Å². The first-order valence-corrected chi connectivity index (χ1v) is 6.62. The van der Waals surface area contributed by atoms with Crippen LogP contribution in [0.15, 0.2) is 12.7 Å². The van der Waals surface area contributed by atoms with E-state index in [0.717, 1.165) is 25.9 Å². The number of aliphatic hydroxyl groups is 1. The van der Waals surface area contributed by atoms with Crippen molar-refractivity contribution < 1.29 is 14.6 Å². The topological polar surface area (TPSA) is 80.5 Å². The lowest BCUT2D eigenvalue weighted by atomic mass is 10.1. The van der Waals surface area contributed by atoms with Crippen LogP contribution < -0.4 is 0 Å². The fraction of sp³-hybridized carbons (Fsp3) is 0.750. The minimum Gasteiger partial charge on any atom is -0.394 e. The Hall–Kier alpha value is -1.47. The quantitative estimate of drug-likeness (QED) is 0.764. The number of nitrogens with zero attached hydrogens (tertiary/aromatic N) is 4. The molecule has 0 aromatic carbocycles. The minimum absolute atomic E-state index is 0.0526. The van der Waals surface area contributed by atoms with Crippen LogP contribution in [0.3, 0.4) is 0 Å². The Morgan fingerprint density at radius 3 is 2.84 bits per heavy atom. The smallest absolute Gasteiger partial charge is 0.224 e. The van der Waals surface area contributed by atoms with Crippen molar-refractivity contribution in [3.63, 3.8) is 0 Å². The van der Waals surface area contributed by atoms with Crippen molar-refractivity contribution in [1.82, 2.24) is 19.7 Å². The van der Waals surface area contributed by atoms with Gasteiger partial charge in [-0.1, -0.05) is 0 Å². The van der Waals surface area contributed by atoms with Crippen LogP contribution in [0.4, 0.5) is 0 Å². The molecule has 7 nitrogen and oxygen atoms in total.